The molecule has 0 saturated carbocycles. The van der Waals surface area contributed by atoms with E-state index in [-0.39, 0.29) is 5.82 Å². The second kappa shape index (κ2) is 6.07. The van der Waals surface area contributed by atoms with Crippen LogP contribution in [0.2, 0.25) is 0 Å². The number of hydrogen-bond acceptors (Lipinski definition) is 5. The summed E-state index contributed by atoms with van der Waals surface area (Å²) in [7, 11) is 3.57. The number of benzene rings is 1. The van der Waals surface area contributed by atoms with Crippen molar-refractivity contribution < 1.29 is 9.13 Å². The normalized spacial score (nSPS) is 11.0. The first-order valence-electron chi connectivity index (χ1n) is 6.86. The van der Waals surface area contributed by atoms with Gasteiger partial charge in [0, 0.05) is 20.7 Å². The number of ether oxygens (including phenoxy) is 1. The molecule has 0 fully saturated rings. The Balaban J connectivity index is 2.08. The lowest BCUT2D eigenvalue weighted by atomic mass is 10.3. The third-order valence-electron chi connectivity index (χ3n) is 3.42. The van der Waals surface area contributed by atoms with Crippen molar-refractivity contribution in [3.63, 3.8) is 0 Å². The highest BCUT2D eigenvalue weighted by Gasteiger charge is 2.15. The lowest BCUT2D eigenvalue weighted by Gasteiger charge is -2.17. The zero-order chi connectivity index (χ0) is 15.5. The fraction of sp³-hybridized carbons (Fsp3) is 0.267. The first-order valence-corrected chi connectivity index (χ1v) is 6.86. The van der Waals surface area contributed by atoms with Gasteiger partial charge in [0.2, 0.25) is 0 Å². The topological polar surface area (TPSA) is 56.1 Å². The van der Waals surface area contributed by atoms with Crippen molar-refractivity contribution in [2.45, 2.75) is 0 Å². The van der Waals surface area contributed by atoms with E-state index in [4.69, 9.17) is 4.74 Å². The van der Waals surface area contributed by atoms with E-state index in [0.717, 1.165) is 11.2 Å². The molecule has 22 heavy (non-hydrogen) atoms. The molecule has 1 aromatic carbocycles. The third kappa shape index (κ3) is 2.50. The van der Waals surface area contributed by atoms with Gasteiger partial charge in [-0.05, 0) is 12.1 Å². The summed E-state index contributed by atoms with van der Waals surface area (Å²) in [6, 6.07) is 6.47. The molecule has 7 heteroatoms. The summed E-state index contributed by atoms with van der Waals surface area (Å²) in [5, 5.41) is 5.03. The van der Waals surface area contributed by atoms with Gasteiger partial charge in [-0.1, -0.05) is 12.1 Å². The smallest absolute Gasteiger partial charge is 0.168 e. The van der Waals surface area contributed by atoms with Gasteiger partial charge in [-0.2, -0.15) is 5.10 Å². The van der Waals surface area contributed by atoms with Gasteiger partial charge in [0.25, 0.3) is 0 Å². The van der Waals surface area contributed by atoms with Crippen molar-refractivity contribution in [1.82, 2.24) is 19.7 Å². The molecular formula is C15H16FN5O. The van der Waals surface area contributed by atoms with Gasteiger partial charge in [0.1, 0.15) is 23.6 Å². The maximum Gasteiger partial charge on any atom is 0.168 e. The maximum atomic E-state index is 14.0. The maximum absolute atomic E-state index is 14.0. The molecule has 0 saturated heterocycles. The van der Waals surface area contributed by atoms with Crippen molar-refractivity contribution in [3.05, 3.63) is 42.6 Å². The second-order valence-electron chi connectivity index (χ2n) is 4.86. The second-order valence-corrected chi connectivity index (χ2v) is 4.86. The van der Waals surface area contributed by atoms with E-state index in [1.807, 2.05) is 11.9 Å². The Bertz CT molecular complexity index is 788. The van der Waals surface area contributed by atoms with Crippen LogP contribution in [0.5, 0.6) is 0 Å². The zero-order valence-corrected chi connectivity index (χ0v) is 12.4. The summed E-state index contributed by atoms with van der Waals surface area (Å²) in [6.45, 7) is 1.27. The molecule has 0 aliphatic heterocycles. The molecule has 6 nitrogen and oxygen atoms in total. The lowest BCUT2D eigenvalue weighted by molar-refractivity contribution is 0.206. The number of nitrogens with zero attached hydrogens (tertiary/aromatic N) is 5. The molecule has 0 aliphatic carbocycles. The Kier molecular flexibility index (Phi) is 3.97. The highest BCUT2D eigenvalue weighted by atomic mass is 19.1. The summed E-state index contributed by atoms with van der Waals surface area (Å²) in [5.41, 5.74) is 0.932. The number of halogens is 1. The predicted molar refractivity (Wildman–Crippen MR) is 81.8 cm³/mol. The molecule has 114 valence electrons. The fourth-order valence-electron chi connectivity index (χ4n) is 2.27. The quantitative estimate of drug-likeness (QED) is 0.722. The Morgan fingerprint density at radius 1 is 1.27 bits per heavy atom. The molecule has 0 spiro atoms. The number of para-hydroxylation sites is 1. The van der Waals surface area contributed by atoms with Gasteiger partial charge in [-0.3, -0.25) is 0 Å². The lowest BCUT2D eigenvalue weighted by Crippen LogP contribution is -2.23. The minimum atomic E-state index is -0.347. The first-order chi connectivity index (χ1) is 10.7. The standard InChI is InChI=1S/C15H16FN5O/c1-20(7-8-22-2)14-11-9-19-21(15(11)18-10-17-14)13-6-4-3-5-12(13)16/h3-6,9-10H,7-8H2,1-2H3. The molecule has 0 N–H and O–H groups in total. The number of aromatic nitrogens is 4. The molecule has 0 unspecified atom stereocenters. The van der Waals surface area contributed by atoms with E-state index >= 15 is 0 Å². The van der Waals surface area contributed by atoms with Gasteiger partial charge in [0.05, 0.1) is 18.2 Å². The summed E-state index contributed by atoms with van der Waals surface area (Å²) < 4.78 is 20.5. The van der Waals surface area contributed by atoms with E-state index in [2.05, 4.69) is 15.1 Å². The minimum absolute atomic E-state index is 0.347. The van der Waals surface area contributed by atoms with Crippen molar-refractivity contribution in [2.24, 2.45) is 0 Å². The first kappa shape index (κ1) is 14.4. The van der Waals surface area contributed by atoms with Gasteiger partial charge in [0.15, 0.2) is 5.65 Å². The summed E-state index contributed by atoms with van der Waals surface area (Å²) >= 11 is 0. The van der Waals surface area contributed by atoms with Crippen molar-refractivity contribution in [2.75, 3.05) is 32.2 Å². The van der Waals surface area contributed by atoms with Gasteiger partial charge < -0.3 is 9.64 Å². The molecule has 2 aromatic heterocycles. The molecule has 0 radical (unpaired) electrons. The Labute approximate surface area is 127 Å². The average Bonchev–Trinajstić information content (AvgIpc) is 2.97. The van der Waals surface area contributed by atoms with Crippen LogP contribution in [0.25, 0.3) is 16.7 Å². The number of fused-ring (bicyclic) bond motifs is 1. The fourth-order valence-corrected chi connectivity index (χ4v) is 2.27. The minimum Gasteiger partial charge on any atom is -0.383 e. The number of likely N-dealkylation sites (N-methyl/N-ethyl adjacent to an activating group) is 1. The Morgan fingerprint density at radius 2 is 2.09 bits per heavy atom. The van der Waals surface area contributed by atoms with Gasteiger partial charge >= 0.3 is 0 Å². The molecule has 0 amide bonds. The molecule has 0 bridgehead atoms. The van der Waals surface area contributed by atoms with Crippen molar-refractivity contribution in [3.8, 4) is 5.69 Å². The summed E-state index contributed by atoms with van der Waals surface area (Å²) in [5.74, 6) is 0.394. The summed E-state index contributed by atoms with van der Waals surface area (Å²) in [6.07, 6.45) is 3.11. The molecule has 0 aliphatic rings. The van der Waals surface area contributed by atoms with E-state index in [1.54, 1.807) is 31.5 Å². The number of methoxy groups -OCH3 is 1. The van der Waals surface area contributed by atoms with Crippen molar-refractivity contribution in [1.29, 1.82) is 0 Å². The van der Waals surface area contributed by atoms with E-state index in [9.17, 15) is 4.39 Å². The van der Waals surface area contributed by atoms with Crippen LogP contribution in [0.3, 0.4) is 0 Å². The Hall–Kier alpha value is -2.54. The molecule has 2 heterocycles. The van der Waals surface area contributed by atoms with E-state index in [0.29, 0.717) is 24.5 Å². The van der Waals surface area contributed by atoms with E-state index < -0.39 is 0 Å². The van der Waals surface area contributed by atoms with Crippen LogP contribution in [-0.2, 0) is 4.74 Å². The molecule has 3 rings (SSSR count). The van der Waals surface area contributed by atoms with Gasteiger partial charge in [-0.15, -0.1) is 0 Å². The van der Waals surface area contributed by atoms with Crippen LogP contribution in [0.15, 0.2) is 36.8 Å². The number of rotatable bonds is 5. The van der Waals surface area contributed by atoms with Crippen LogP contribution >= 0.6 is 0 Å². The molecule has 0 atom stereocenters. The zero-order valence-electron chi connectivity index (χ0n) is 12.4. The number of anilines is 1. The monoisotopic (exact) mass is 301 g/mol. The van der Waals surface area contributed by atoms with Crippen LogP contribution < -0.4 is 4.90 Å². The van der Waals surface area contributed by atoms with Crippen molar-refractivity contribution >= 4 is 16.9 Å². The highest BCUT2D eigenvalue weighted by Crippen LogP contribution is 2.24. The summed E-state index contributed by atoms with van der Waals surface area (Å²) in [4.78, 5) is 10.5. The Morgan fingerprint density at radius 3 is 2.86 bits per heavy atom. The third-order valence-corrected chi connectivity index (χ3v) is 3.42. The average molecular weight is 301 g/mol. The molecular weight excluding hydrogens is 285 g/mol. The van der Waals surface area contributed by atoms with Crippen LogP contribution in [0, 0.1) is 5.82 Å². The largest absolute Gasteiger partial charge is 0.383 e. The predicted octanol–water partition coefficient (Wildman–Crippen LogP) is 2.04. The molecule has 3 aromatic rings. The van der Waals surface area contributed by atoms with Crippen LogP contribution in [0.1, 0.15) is 0 Å². The SMILES string of the molecule is COCCN(C)c1ncnc2c1cnn2-c1ccccc1F. The van der Waals surface area contributed by atoms with Crippen LogP contribution in [-0.4, -0.2) is 47.1 Å². The van der Waals surface area contributed by atoms with E-state index in [1.165, 1.54) is 17.1 Å². The highest BCUT2D eigenvalue weighted by molar-refractivity contribution is 5.87. The van der Waals surface area contributed by atoms with Crippen LogP contribution in [0.4, 0.5) is 10.2 Å². The number of hydrogen-bond donors (Lipinski definition) is 0. The van der Waals surface area contributed by atoms with Gasteiger partial charge in [-0.25, -0.2) is 19.0 Å².